The van der Waals surface area contributed by atoms with Crippen LogP contribution >= 0.6 is 0 Å². The maximum atomic E-state index is 11.7. The number of nitrogens with two attached hydrogens (primary N) is 4. The van der Waals surface area contributed by atoms with Crippen LogP contribution in [0.25, 0.3) is 0 Å². The number of primary amides is 4. The van der Waals surface area contributed by atoms with Gasteiger partial charge in [0.1, 0.15) is 23.3 Å². The first-order valence-corrected chi connectivity index (χ1v) is 36.1. The fraction of sp³-hybridized carbons (Fsp3) is 0.706. The predicted molar refractivity (Wildman–Crippen MR) is 384 cm³/mol. The predicted octanol–water partition coefficient (Wildman–Crippen LogP) is 2.03. The van der Waals surface area contributed by atoms with Crippen LogP contribution in [0.3, 0.4) is 0 Å². The van der Waals surface area contributed by atoms with Gasteiger partial charge in [0.2, 0.25) is 23.8 Å². The number of aliphatic hydroxyl groups is 4. The van der Waals surface area contributed by atoms with E-state index in [4.69, 9.17) is 60.8 Å². The van der Waals surface area contributed by atoms with Gasteiger partial charge in [0.05, 0.1) is 148 Å². The molecule has 8 fully saturated rings. The van der Waals surface area contributed by atoms with E-state index in [1.54, 1.807) is 28.4 Å². The molecular weight excluding hydrogens is 1350 g/mol. The van der Waals surface area contributed by atoms with E-state index in [2.05, 4.69) is 82.4 Å². The van der Waals surface area contributed by atoms with Gasteiger partial charge < -0.3 is 124 Å². The van der Waals surface area contributed by atoms with Crippen LogP contribution in [0.2, 0.25) is 0 Å². The van der Waals surface area contributed by atoms with Crippen molar-refractivity contribution in [2.24, 2.45) is 22.9 Å². The normalized spacial score (nSPS) is 29.2. The maximum absolute atomic E-state index is 11.7. The Morgan fingerprint density at radius 2 is 0.510 bits per heavy atom. The molecule has 0 spiro atoms. The van der Waals surface area contributed by atoms with Crippen molar-refractivity contribution in [3.63, 3.8) is 0 Å². The van der Waals surface area contributed by atoms with E-state index in [0.717, 1.165) is 103 Å². The molecule has 4 saturated heterocycles. The number of amides is 4. The molecule has 12 rings (SSSR count). The Kier molecular flexibility index (Phi) is 31.3. The average Bonchev–Trinajstić information content (AvgIpc) is 0.843. The summed E-state index contributed by atoms with van der Waals surface area (Å²) in [6.07, 6.45) is 22.7. The quantitative estimate of drug-likeness (QED) is 0.0477. The van der Waals surface area contributed by atoms with Crippen molar-refractivity contribution in [3.8, 4) is 0 Å². The number of aliphatic hydroxyl groups excluding tert-OH is 4. The minimum absolute atomic E-state index is 0.142. The summed E-state index contributed by atoms with van der Waals surface area (Å²) in [5.74, 6) is 0.874. The first-order chi connectivity index (χ1) is 50.2. The lowest BCUT2D eigenvalue weighted by Crippen LogP contribution is -2.38. The second-order valence-electron chi connectivity index (χ2n) is 27.8. The standard InChI is InChI=1S/4C17H27N5O4/c4*1-25-13-4-2-10(3-5-13)21-17-19-7-14(15(18)24)16(22-17)20-11-6-12(23)9-26-8-11/h4*7,10-13,23H,2-6,8-9H2,1H3,(H2,18,24)(H2,19,20,21,22)/t4*10-,11?,12?,13-. The molecule has 4 saturated carbocycles. The Bertz CT molecular complexity index is 2910. The number of nitrogens with one attached hydrogen (secondary N) is 8. The lowest BCUT2D eigenvalue weighted by atomic mass is 9.93. The fourth-order valence-electron chi connectivity index (χ4n) is 13.9. The first kappa shape index (κ1) is 80.2. The van der Waals surface area contributed by atoms with Crippen LogP contribution in [0.5, 0.6) is 0 Å². The number of hydrogen-bond acceptors (Lipinski definition) is 32. The van der Waals surface area contributed by atoms with Crippen LogP contribution in [0.15, 0.2) is 24.8 Å². The molecule has 36 nitrogen and oxygen atoms in total. The van der Waals surface area contributed by atoms with Crippen molar-refractivity contribution in [2.75, 3.05) is 124 Å². The molecule has 4 aliphatic carbocycles. The Morgan fingerprint density at radius 3 is 0.673 bits per heavy atom. The van der Waals surface area contributed by atoms with Gasteiger partial charge >= 0.3 is 0 Å². The molecule has 576 valence electrons. The highest BCUT2D eigenvalue weighted by molar-refractivity contribution is 5.99. The van der Waals surface area contributed by atoms with Gasteiger partial charge in [-0.3, -0.25) is 19.2 Å². The summed E-state index contributed by atoms with van der Waals surface area (Å²) in [5, 5.41) is 64.9. The molecule has 20 N–H and O–H groups in total. The summed E-state index contributed by atoms with van der Waals surface area (Å²) >= 11 is 0. The SMILES string of the molecule is CO[C@H]1CC[C@H](Nc2ncc(C(N)=O)c(NC3COCC(O)C3)n2)CC1.CO[C@H]1CC[C@H](Nc2ncc(C(N)=O)c(NC3COCC(O)C3)n2)CC1.CO[C@H]1CC[C@H](Nc2ncc(C(N)=O)c(NC3COCC(O)C3)n2)CC1.CO[C@H]1CC[C@H](Nc2ncc(C(N)=O)c(NC3COCC(O)C3)n2)CC1. The summed E-state index contributed by atoms with van der Waals surface area (Å²) in [6.45, 7) is 3.02. The number of rotatable bonds is 24. The number of anilines is 8. The summed E-state index contributed by atoms with van der Waals surface area (Å²) in [6, 6.07) is 0.519. The summed E-state index contributed by atoms with van der Waals surface area (Å²) in [4.78, 5) is 81.4. The molecule has 4 amide bonds. The van der Waals surface area contributed by atoms with E-state index in [-0.39, 0.29) is 70.6 Å². The molecule has 104 heavy (non-hydrogen) atoms. The number of methoxy groups -OCH3 is 4. The fourth-order valence-corrected chi connectivity index (χ4v) is 13.9. The van der Waals surface area contributed by atoms with Crippen LogP contribution in [-0.4, -0.2) is 262 Å². The number of nitrogens with zero attached hydrogens (tertiary/aromatic N) is 8. The second kappa shape index (κ2) is 40.6. The van der Waals surface area contributed by atoms with Gasteiger partial charge in [-0.15, -0.1) is 0 Å². The number of carbonyl (C=O) groups is 4. The zero-order chi connectivity index (χ0) is 74.1. The molecule has 8 heterocycles. The largest absolute Gasteiger partial charge is 0.391 e. The average molecular weight is 1460 g/mol. The minimum Gasteiger partial charge on any atom is -0.391 e. The van der Waals surface area contributed by atoms with Crippen molar-refractivity contribution in [1.82, 2.24) is 39.9 Å². The second-order valence-corrected chi connectivity index (χ2v) is 27.8. The monoisotopic (exact) mass is 1460 g/mol. The van der Waals surface area contributed by atoms with Crippen LogP contribution < -0.4 is 65.5 Å². The van der Waals surface area contributed by atoms with E-state index in [1.807, 2.05) is 0 Å². The third kappa shape index (κ3) is 25.2. The van der Waals surface area contributed by atoms with Gasteiger partial charge in [-0.25, -0.2) is 19.9 Å². The highest BCUT2D eigenvalue weighted by Crippen LogP contribution is 2.30. The molecule has 0 bridgehead atoms. The Morgan fingerprint density at radius 1 is 0.317 bits per heavy atom. The van der Waals surface area contributed by atoms with E-state index >= 15 is 0 Å². The molecule has 36 heteroatoms. The number of aromatic nitrogens is 8. The molecule has 4 aromatic rings. The van der Waals surface area contributed by atoms with Crippen LogP contribution in [0, 0.1) is 0 Å². The van der Waals surface area contributed by atoms with Crippen LogP contribution in [0.1, 0.15) is 170 Å². The molecule has 0 radical (unpaired) electrons. The third-order valence-corrected chi connectivity index (χ3v) is 19.7. The van der Waals surface area contributed by atoms with Crippen molar-refractivity contribution in [3.05, 3.63) is 47.0 Å². The number of ether oxygens (including phenoxy) is 8. The molecule has 8 unspecified atom stereocenters. The van der Waals surface area contributed by atoms with Gasteiger partial charge in [-0.2, -0.15) is 19.9 Å². The lowest BCUT2D eigenvalue weighted by Gasteiger charge is -2.29. The Hall–Kier alpha value is -7.88. The minimum atomic E-state index is -0.600. The highest BCUT2D eigenvalue weighted by Gasteiger charge is 2.31. The van der Waals surface area contributed by atoms with Crippen molar-refractivity contribution >= 4 is 70.7 Å². The van der Waals surface area contributed by atoms with Gasteiger partial charge in [0.15, 0.2) is 0 Å². The molecule has 8 aliphatic rings. The van der Waals surface area contributed by atoms with Gasteiger partial charge in [0.25, 0.3) is 23.6 Å². The van der Waals surface area contributed by atoms with Crippen molar-refractivity contribution in [1.29, 1.82) is 0 Å². The van der Waals surface area contributed by atoms with E-state index in [0.29, 0.717) is 150 Å². The van der Waals surface area contributed by atoms with Gasteiger partial charge in [-0.1, -0.05) is 0 Å². The zero-order valence-electron chi connectivity index (χ0n) is 59.9. The van der Waals surface area contributed by atoms with Gasteiger partial charge in [0, 0.05) is 77.4 Å². The smallest absolute Gasteiger partial charge is 0.254 e. The zero-order valence-corrected chi connectivity index (χ0v) is 59.9. The van der Waals surface area contributed by atoms with E-state index in [9.17, 15) is 39.6 Å². The third-order valence-electron chi connectivity index (χ3n) is 19.7. The molecule has 4 aliphatic heterocycles. The van der Waals surface area contributed by atoms with Crippen molar-refractivity contribution < 1.29 is 77.5 Å². The summed E-state index contributed by atoms with van der Waals surface area (Å²) < 4.78 is 42.9. The summed E-state index contributed by atoms with van der Waals surface area (Å²) in [5.41, 5.74) is 22.6. The van der Waals surface area contributed by atoms with E-state index in [1.165, 1.54) is 24.8 Å². The van der Waals surface area contributed by atoms with Crippen molar-refractivity contribution in [2.45, 2.75) is 226 Å². The Labute approximate surface area is 605 Å². The summed E-state index contributed by atoms with van der Waals surface area (Å²) in [7, 11) is 6.98. The highest BCUT2D eigenvalue weighted by atomic mass is 16.5. The van der Waals surface area contributed by atoms with E-state index < -0.39 is 48.0 Å². The lowest BCUT2D eigenvalue weighted by molar-refractivity contribution is -0.0118. The Balaban J connectivity index is 0.000000161. The van der Waals surface area contributed by atoms with Gasteiger partial charge in [-0.05, 0) is 128 Å². The molecule has 4 aromatic heterocycles. The number of hydrogen-bond donors (Lipinski definition) is 16. The molecule has 8 atom stereocenters. The first-order valence-electron chi connectivity index (χ1n) is 36.1. The van der Waals surface area contributed by atoms with Crippen LogP contribution in [0.4, 0.5) is 47.1 Å². The maximum Gasteiger partial charge on any atom is 0.254 e. The van der Waals surface area contributed by atoms with Crippen LogP contribution in [-0.2, 0) is 37.9 Å². The molecular formula is C68H108N20O16. The topological polar surface area (TPSA) is 526 Å². The molecule has 0 aromatic carbocycles. The number of carbonyl (C=O) groups excluding carboxylic acids is 4.